The van der Waals surface area contributed by atoms with E-state index in [1.54, 1.807) is 19.0 Å². The second-order valence-electron chi connectivity index (χ2n) is 3.54. The highest BCUT2D eigenvalue weighted by molar-refractivity contribution is 7.89. The first-order valence-electron chi connectivity index (χ1n) is 4.56. The van der Waals surface area contributed by atoms with Gasteiger partial charge < -0.3 is 5.02 Å². The molecular weight excluding hydrogens is 213 g/mol. The van der Waals surface area contributed by atoms with Crippen LogP contribution in [0.1, 0.15) is 0 Å². The lowest BCUT2D eigenvalue weighted by atomic mass is 9.64. The Bertz CT molecular complexity index is 442. The van der Waals surface area contributed by atoms with Crippen LogP contribution in [0.15, 0.2) is 29.2 Å². The minimum Gasteiger partial charge on any atom is -0.447 e. The average molecular weight is 227 g/mol. The summed E-state index contributed by atoms with van der Waals surface area (Å²) in [6, 6.07) is 6.32. The molecule has 0 saturated carbocycles. The van der Waals surface area contributed by atoms with Gasteiger partial charge in [-0.05, 0) is 17.6 Å². The van der Waals surface area contributed by atoms with Crippen LogP contribution in [0.3, 0.4) is 0 Å². The Morgan fingerprint density at radius 2 is 1.93 bits per heavy atom. The molecule has 0 spiro atoms. The van der Waals surface area contributed by atoms with Gasteiger partial charge in [-0.2, -0.15) is 0 Å². The van der Waals surface area contributed by atoms with Gasteiger partial charge in [-0.15, -0.1) is 0 Å². The van der Waals surface area contributed by atoms with Crippen molar-refractivity contribution in [3.63, 3.8) is 0 Å². The van der Waals surface area contributed by atoms with Gasteiger partial charge in [0.25, 0.3) is 0 Å². The molecule has 0 aliphatic rings. The molecule has 0 atom stereocenters. The first-order chi connectivity index (χ1) is 6.85. The molecule has 1 aromatic rings. The SMILES string of the molecule is CB(O)c1cccc(S(=O)(=O)N(C)C)c1. The van der Waals surface area contributed by atoms with Crippen LogP contribution in [0.5, 0.6) is 0 Å². The highest BCUT2D eigenvalue weighted by atomic mass is 32.2. The van der Waals surface area contributed by atoms with Crippen LogP contribution in [-0.2, 0) is 10.0 Å². The molecule has 0 amide bonds. The van der Waals surface area contributed by atoms with Gasteiger partial charge in [0.05, 0.1) is 4.90 Å². The molecule has 1 N–H and O–H groups in total. The molecule has 82 valence electrons. The molecule has 1 rings (SSSR count). The van der Waals surface area contributed by atoms with E-state index >= 15 is 0 Å². The summed E-state index contributed by atoms with van der Waals surface area (Å²) in [5, 5.41) is 9.34. The molecule has 0 aliphatic heterocycles. The van der Waals surface area contributed by atoms with Gasteiger partial charge in [-0.1, -0.05) is 19.0 Å². The molecule has 0 bridgehead atoms. The van der Waals surface area contributed by atoms with E-state index in [-0.39, 0.29) is 4.90 Å². The number of rotatable bonds is 3. The van der Waals surface area contributed by atoms with Crippen molar-refractivity contribution in [2.75, 3.05) is 14.1 Å². The number of benzene rings is 1. The first-order valence-corrected chi connectivity index (χ1v) is 6.00. The third kappa shape index (κ3) is 2.59. The van der Waals surface area contributed by atoms with E-state index in [1.807, 2.05) is 0 Å². The van der Waals surface area contributed by atoms with Crippen LogP contribution < -0.4 is 5.46 Å². The highest BCUT2D eigenvalue weighted by Crippen LogP contribution is 2.10. The molecule has 15 heavy (non-hydrogen) atoms. The van der Waals surface area contributed by atoms with Gasteiger partial charge >= 0.3 is 6.92 Å². The maximum Gasteiger partial charge on any atom is 0.320 e. The molecule has 4 nitrogen and oxygen atoms in total. The standard InChI is InChI=1S/C9H14BNO3S/c1-10(12)8-5-4-6-9(7-8)15(13,14)11(2)3/h4-7,12H,1-3H3. The van der Waals surface area contributed by atoms with Crippen LogP contribution in [0.2, 0.25) is 6.82 Å². The fourth-order valence-corrected chi connectivity index (χ4v) is 2.10. The normalized spacial score (nSPS) is 11.8. The summed E-state index contributed by atoms with van der Waals surface area (Å²) in [6.45, 7) is 0.934. The Hall–Kier alpha value is -0.845. The summed E-state index contributed by atoms with van der Waals surface area (Å²) in [7, 11) is -0.458. The molecule has 0 heterocycles. The van der Waals surface area contributed by atoms with Crippen LogP contribution in [0, 0.1) is 0 Å². The quantitative estimate of drug-likeness (QED) is 0.725. The zero-order chi connectivity index (χ0) is 11.6. The molecule has 0 aliphatic carbocycles. The zero-order valence-electron chi connectivity index (χ0n) is 9.01. The fourth-order valence-electron chi connectivity index (χ4n) is 1.15. The third-order valence-electron chi connectivity index (χ3n) is 2.12. The lowest BCUT2D eigenvalue weighted by Gasteiger charge is -2.12. The fraction of sp³-hybridized carbons (Fsp3) is 0.333. The molecular formula is C9H14BNO3S. The van der Waals surface area contributed by atoms with Gasteiger partial charge in [-0.3, -0.25) is 0 Å². The largest absolute Gasteiger partial charge is 0.447 e. The van der Waals surface area contributed by atoms with Crippen molar-refractivity contribution in [3.05, 3.63) is 24.3 Å². The summed E-state index contributed by atoms with van der Waals surface area (Å²) in [4.78, 5) is 0.200. The van der Waals surface area contributed by atoms with Gasteiger partial charge in [0.1, 0.15) is 0 Å². The zero-order valence-corrected chi connectivity index (χ0v) is 9.82. The third-order valence-corrected chi connectivity index (χ3v) is 3.93. The highest BCUT2D eigenvalue weighted by Gasteiger charge is 2.18. The molecule has 0 unspecified atom stereocenters. The minimum atomic E-state index is -3.41. The van der Waals surface area contributed by atoms with Gasteiger partial charge in [0, 0.05) is 14.1 Å². The molecule has 0 saturated heterocycles. The van der Waals surface area contributed by atoms with Gasteiger partial charge in [0.2, 0.25) is 10.0 Å². The Labute approximate surface area is 90.7 Å². The predicted molar refractivity (Wildman–Crippen MR) is 60.8 cm³/mol. The number of sulfonamides is 1. The van der Waals surface area contributed by atoms with Crippen molar-refractivity contribution >= 4 is 22.4 Å². The summed E-state index contributed by atoms with van der Waals surface area (Å²) in [5.74, 6) is 0. The van der Waals surface area contributed by atoms with E-state index in [0.29, 0.717) is 5.46 Å². The first kappa shape index (κ1) is 12.2. The van der Waals surface area contributed by atoms with Crippen molar-refractivity contribution in [1.29, 1.82) is 0 Å². The molecule has 0 radical (unpaired) electrons. The summed E-state index contributed by atoms with van der Waals surface area (Å²) >= 11 is 0. The van der Waals surface area contributed by atoms with E-state index in [1.165, 1.54) is 26.2 Å². The summed E-state index contributed by atoms with van der Waals surface area (Å²) < 4.78 is 24.6. The Morgan fingerprint density at radius 3 is 2.40 bits per heavy atom. The van der Waals surface area contributed by atoms with Crippen molar-refractivity contribution in [1.82, 2.24) is 4.31 Å². The summed E-state index contributed by atoms with van der Waals surface area (Å²) in [5.41, 5.74) is 0.595. The average Bonchev–Trinajstić information content (AvgIpc) is 2.17. The van der Waals surface area contributed by atoms with Crippen LogP contribution in [0.4, 0.5) is 0 Å². The second kappa shape index (κ2) is 4.34. The van der Waals surface area contributed by atoms with Crippen LogP contribution >= 0.6 is 0 Å². The van der Waals surface area contributed by atoms with Crippen LogP contribution in [0.25, 0.3) is 0 Å². The Balaban J connectivity index is 3.23. The van der Waals surface area contributed by atoms with E-state index in [2.05, 4.69) is 0 Å². The van der Waals surface area contributed by atoms with E-state index in [0.717, 1.165) is 4.31 Å². The van der Waals surface area contributed by atoms with Gasteiger partial charge in [-0.25, -0.2) is 12.7 Å². The Morgan fingerprint density at radius 1 is 1.33 bits per heavy atom. The number of hydrogen-bond acceptors (Lipinski definition) is 3. The summed E-state index contributed by atoms with van der Waals surface area (Å²) in [6.07, 6.45) is 0. The lowest BCUT2D eigenvalue weighted by Crippen LogP contribution is -2.28. The predicted octanol–water partition coefficient (Wildman–Crippen LogP) is -0.242. The van der Waals surface area contributed by atoms with E-state index < -0.39 is 16.9 Å². The van der Waals surface area contributed by atoms with Crippen molar-refractivity contribution in [3.8, 4) is 0 Å². The maximum absolute atomic E-state index is 11.8. The van der Waals surface area contributed by atoms with Crippen LogP contribution in [-0.4, -0.2) is 38.8 Å². The molecule has 1 aromatic carbocycles. The van der Waals surface area contributed by atoms with E-state index in [4.69, 9.17) is 0 Å². The van der Waals surface area contributed by atoms with Crippen molar-refractivity contribution in [2.24, 2.45) is 0 Å². The second-order valence-corrected chi connectivity index (χ2v) is 5.69. The van der Waals surface area contributed by atoms with Crippen molar-refractivity contribution in [2.45, 2.75) is 11.7 Å². The molecule has 0 fully saturated rings. The Kier molecular flexibility index (Phi) is 3.54. The van der Waals surface area contributed by atoms with E-state index in [9.17, 15) is 13.4 Å². The number of hydrogen-bond donors (Lipinski definition) is 1. The lowest BCUT2D eigenvalue weighted by molar-refractivity contribution is 0.521. The van der Waals surface area contributed by atoms with Crippen molar-refractivity contribution < 1.29 is 13.4 Å². The molecule has 6 heteroatoms. The maximum atomic E-state index is 11.8. The number of nitrogens with zero attached hydrogens (tertiary/aromatic N) is 1. The van der Waals surface area contributed by atoms with Gasteiger partial charge in [0.15, 0.2) is 0 Å². The minimum absolute atomic E-state index is 0.200. The monoisotopic (exact) mass is 227 g/mol. The molecule has 0 aromatic heterocycles. The topological polar surface area (TPSA) is 57.6 Å². The smallest absolute Gasteiger partial charge is 0.320 e.